The van der Waals surface area contributed by atoms with Crippen molar-refractivity contribution in [2.75, 3.05) is 19.2 Å². The second kappa shape index (κ2) is 3.67. The molecule has 4 heteroatoms. The molecule has 0 aliphatic carbocycles. The second-order valence-electron chi connectivity index (χ2n) is 3.03. The Balaban J connectivity index is 2.31. The molecule has 0 bridgehead atoms. The third-order valence-electron chi connectivity index (χ3n) is 1.92. The fraction of sp³-hybridized carbons (Fsp3) is 0.300. The number of oxazole rings is 1. The van der Waals surface area contributed by atoms with Gasteiger partial charge in [-0.1, -0.05) is 0 Å². The molecule has 0 fully saturated rings. The molecule has 0 unspecified atom stereocenters. The zero-order chi connectivity index (χ0) is 9.97. The molecule has 1 aromatic heterocycles. The number of nitrogens with zero attached hydrogens (tertiary/aromatic N) is 1. The van der Waals surface area contributed by atoms with Crippen LogP contribution in [-0.2, 0) is 4.74 Å². The van der Waals surface area contributed by atoms with Gasteiger partial charge < -0.3 is 14.5 Å². The van der Waals surface area contributed by atoms with Crippen LogP contribution in [0.3, 0.4) is 0 Å². The fourth-order valence-corrected chi connectivity index (χ4v) is 1.31. The van der Waals surface area contributed by atoms with Crippen LogP contribution in [0.5, 0.6) is 0 Å². The Labute approximate surface area is 81.9 Å². The van der Waals surface area contributed by atoms with Crippen LogP contribution in [0.25, 0.3) is 11.1 Å². The lowest BCUT2D eigenvalue weighted by Gasteiger charge is -2.03. The largest absolute Gasteiger partial charge is 0.441 e. The lowest BCUT2D eigenvalue weighted by molar-refractivity contribution is 0.221. The maximum absolute atomic E-state index is 5.40. The molecule has 1 heterocycles. The van der Waals surface area contributed by atoms with E-state index in [1.54, 1.807) is 7.11 Å². The SMILES string of the molecule is COCNc1ccc2nc(C)oc2c1. The number of aromatic nitrogens is 1. The van der Waals surface area contributed by atoms with Crippen LogP contribution >= 0.6 is 0 Å². The van der Waals surface area contributed by atoms with Crippen molar-refractivity contribution in [2.24, 2.45) is 0 Å². The molecule has 4 nitrogen and oxygen atoms in total. The topological polar surface area (TPSA) is 47.3 Å². The van der Waals surface area contributed by atoms with Crippen LogP contribution in [0.4, 0.5) is 5.69 Å². The zero-order valence-electron chi connectivity index (χ0n) is 8.20. The molecule has 0 spiro atoms. The Morgan fingerprint density at radius 1 is 1.50 bits per heavy atom. The first-order valence-corrected chi connectivity index (χ1v) is 4.39. The monoisotopic (exact) mass is 192 g/mol. The number of ether oxygens (including phenoxy) is 1. The van der Waals surface area contributed by atoms with Crippen LogP contribution in [0.1, 0.15) is 5.89 Å². The van der Waals surface area contributed by atoms with Crippen LogP contribution in [-0.4, -0.2) is 18.8 Å². The molecule has 0 saturated carbocycles. The van der Waals surface area contributed by atoms with Crippen molar-refractivity contribution in [3.8, 4) is 0 Å². The first-order valence-electron chi connectivity index (χ1n) is 4.39. The predicted molar refractivity (Wildman–Crippen MR) is 54.2 cm³/mol. The van der Waals surface area contributed by atoms with Crippen LogP contribution in [0.2, 0.25) is 0 Å². The molecular formula is C10H12N2O2. The van der Waals surface area contributed by atoms with Crippen LogP contribution < -0.4 is 5.32 Å². The van der Waals surface area contributed by atoms with Crippen LogP contribution in [0, 0.1) is 6.92 Å². The molecular weight excluding hydrogens is 180 g/mol. The molecule has 2 rings (SSSR count). The Hall–Kier alpha value is -1.55. The minimum Gasteiger partial charge on any atom is -0.441 e. The van der Waals surface area contributed by atoms with E-state index >= 15 is 0 Å². The number of aryl methyl sites for hydroxylation is 1. The summed E-state index contributed by atoms with van der Waals surface area (Å²) < 4.78 is 10.3. The molecule has 14 heavy (non-hydrogen) atoms. The minimum atomic E-state index is 0.485. The molecule has 0 aliphatic heterocycles. The highest BCUT2D eigenvalue weighted by atomic mass is 16.5. The predicted octanol–water partition coefficient (Wildman–Crippen LogP) is 2.15. The highest BCUT2D eigenvalue weighted by molar-refractivity contribution is 5.77. The van der Waals surface area contributed by atoms with Crippen molar-refractivity contribution >= 4 is 16.8 Å². The van der Waals surface area contributed by atoms with E-state index in [1.165, 1.54) is 0 Å². The van der Waals surface area contributed by atoms with Gasteiger partial charge >= 0.3 is 0 Å². The van der Waals surface area contributed by atoms with Crippen molar-refractivity contribution in [2.45, 2.75) is 6.92 Å². The molecule has 0 radical (unpaired) electrons. The molecule has 1 N–H and O–H groups in total. The summed E-state index contributed by atoms with van der Waals surface area (Å²) in [5.74, 6) is 0.684. The van der Waals surface area contributed by atoms with Crippen LogP contribution in [0.15, 0.2) is 22.6 Å². The number of hydrogen-bond donors (Lipinski definition) is 1. The van der Waals surface area contributed by atoms with E-state index < -0.39 is 0 Å². The zero-order valence-corrected chi connectivity index (χ0v) is 8.20. The minimum absolute atomic E-state index is 0.485. The summed E-state index contributed by atoms with van der Waals surface area (Å²) in [7, 11) is 1.64. The maximum atomic E-state index is 5.40. The van der Waals surface area contributed by atoms with Gasteiger partial charge in [-0.2, -0.15) is 0 Å². The number of methoxy groups -OCH3 is 1. The average molecular weight is 192 g/mol. The van der Waals surface area contributed by atoms with Gasteiger partial charge in [0.2, 0.25) is 0 Å². The lowest BCUT2D eigenvalue weighted by atomic mass is 10.3. The lowest BCUT2D eigenvalue weighted by Crippen LogP contribution is -2.02. The quantitative estimate of drug-likeness (QED) is 0.757. The number of anilines is 1. The van der Waals surface area contributed by atoms with E-state index in [2.05, 4.69) is 10.3 Å². The summed E-state index contributed by atoms with van der Waals surface area (Å²) >= 11 is 0. The van der Waals surface area contributed by atoms with Gasteiger partial charge in [-0.05, 0) is 12.1 Å². The van der Waals surface area contributed by atoms with E-state index in [0.29, 0.717) is 12.6 Å². The van der Waals surface area contributed by atoms with Gasteiger partial charge in [0.05, 0.1) is 0 Å². The highest BCUT2D eigenvalue weighted by Crippen LogP contribution is 2.19. The summed E-state index contributed by atoms with van der Waals surface area (Å²) in [4.78, 5) is 4.21. The van der Waals surface area contributed by atoms with Gasteiger partial charge in [0.15, 0.2) is 11.5 Å². The molecule has 0 atom stereocenters. The first-order chi connectivity index (χ1) is 6.79. The summed E-state index contributed by atoms with van der Waals surface area (Å²) in [5, 5.41) is 3.09. The standard InChI is InChI=1S/C10H12N2O2/c1-7-12-9-4-3-8(11-6-13-2)5-10(9)14-7/h3-5,11H,6H2,1-2H3. The maximum Gasteiger partial charge on any atom is 0.192 e. The van der Waals surface area contributed by atoms with Gasteiger partial charge in [-0.15, -0.1) is 0 Å². The Kier molecular flexibility index (Phi) is 2.37. The first kappa shape index (κ1) is 9.02. The van der Waals surface area contributed by atoms with Crippen molar-refractivity contribution in [1.82, 2.24) is 4.98 Å². The summed E-state index contributed by atoms with van der Waals surface area (Å²) in [6.45, 7) is 2.32. The molecule has 74 valence electrons. The molecule has 0 saturated heterocycles. The fourth-order valence-electron chi connectivity index (χ4n) is 1.31. The van der Waals surface area contributed by atoms with E-state index in [9.17, 15) is 0 Å². The molecule has 0 amide bonds. The van der Waals surface area contributed by atoms with Crippen molar-refractivity contribution in [3.05, 3.63) is 24.1 Å². The Morgan fingerprint density at radius 3 is 3.14 bits per heavy atom. The molecule has 1 aromatic carbocycles. The van der Waals surface area contributed by atoms with Crippen molar-refractivity contribution in [1.29, 1.82) is 0 Å². The number of fused-ring (bicyclic) bond motifs is 1. The van der Waals surface area contributed by atoms with Gasteiger partial charge in [-0.25, -0.2) is 4.98 Å². The number of benzene rings is 1. The normalized spacial score (nSPS) is 10.7. The summed E-state index contributed by atoms with van der Waals surface area (Å²) in [5.41, 5.74) is 2.64. The van der Waals surface area contributed by atoms with E-state index in [1.807, 2.05) is 25.1 Å². The van der Waals surface area contributed by atoms with Crippen molar-refractivity contribution < 1.29 is 9.15 Å². The Morgan fingerprint density at radius 2 is 2.36 bits per heavy atom. The van der Waals surface area contributed by atoms with Gasteiger partial charge in [0.25, 0.3) is 0 Å². The van der Waals surface area contributed by atoms with Crippen molar-refractivity contribution in [3.63, 3.8) is 0 Å². The van der Waals surface area contributed by atoms with Gasteiger partial charge in [-0.3, -0.25) is 0 Å². The third-order valence-corrected chi connectivity index (χ3v) is 1.92. The van der Waals surface area contributed by atoms with Gasteiger partial charge in [0, 0.05) is 25.8 Å². The number of hydrogen-bond acceptors (Lipinski definition) is 4. The number of nitrogens with one attached hydrogen (secondary N) is 1. The summed E-state index contributed by atoms with van der Waals surface area (Å²) in [6, 6.07) is 5.78. The van der Waals surface area contributed by atoms with Gasteiger partial charge in [0.1, 0.15) is 12.2 Å². The van der Waals surface area contributed by atoms with E-state index in [0.717, 1.165) is 16.8 Å². The number of rotatable bonds is 3. The van der Waals surface area contributed by atoms with E-state index in [-0.39, 0.29) is 0 Å². The highest BCUT2D eigenvalue weighted by Gasteiger charge is 2.02. The summed E-state index contributed by atoms with van der Waals surface area (Å²) in [6.07, 6.45) is 0. The molecule has 2 aromatic rings. The third kappa shape index (κ3) is 1.70. The average Bonchev–Trinajstić information content (AvgIpc) is 2.54. The molecule has 0 aliphatic rings. The van der Waals surface area contributed by atoms with E-state index in [4.69, 9.17) is 9.15 Å². The smallest absolute Gasteiger partial charge is 0.192 e. The second-order valence-corrected chi connectivity index (χ2v) is 3.03. The Bertz CT molecular complexity index is 437.